The van der Waals surface area contributed by atoms with Crippen LogP contribution in [-0.2, 0) is 11.8 Å². The van der Waals surface area contributed by atoms with Crippen molar-refractivity contribution < 1.29 is 4.79 Å². The molecule has 2 heterocycles. The number of aryl methyl sites for hydroxylation is 1. The van der Waals surface area contributed by atoms with Crippen molar-refractivity contribution >= 4 is 11.6 Å². The van der Waals surface area contributed by atoms with Crippen molar-refractivity contribution in [2.24, 2.45) is 7.05 Å². The Hall–Kier alpha value is -1.52. The first-order valence-electron chi connectivity index (χ1n) is 4.67. The number of carbonyl (C=O) groups is 1. The van der Waals surface area contributed by atoms with Gasteiger partial charge in [-0.25, -0.2) is 0 Å². The van der Waals surface area contributed by atoms with Crippen LogP contribution >= 0.6 is 0 Å². The van der Waals surface area contributed by atoms with Crippen LogP contribution in [0.5, 0.6) is 0 Å². The Morgan fingerprint density at radius 3 is 2.86 bits per heavy atom. The number of anilines is 1. The minimum Gasteiger partial charge on any atom is -0.371 e. The summed E-state index contributed by atoms with van der Waals surface area (Å²) in [7, 11) is 3.68. The number of rotatable bonds is 2. The van der Waals surface area contributed by atoms with Gasteiger partial charge in [0.05, 0.1) is 11.9 Å². The largest absolute Gasteiger partial charge is 0.371 e. The molecule has 1 unspecified atom stereocenters. The van der Waals surface area contributed by atoms with E-state index in [9.17, 15) is 4.79 Å². The Morgan fingerprint density at radius 2 is 2.36 bits per heavy atom. The van der Waals surface area contributed by atoms with Gasteiger partial charge in [-0.05, 0) is 6.42 Å². The monoisotopic (exact) mass is 194 g/mol. The summed E-state index contributed by atoms with van der Waals surface area (Å²) in [6.45, 7) is 0.830. The fourth-order valence-electron chi connectivity index (χ4n) is 1.65. The molecule has 5 heteroatoms. The molecule has 1 fully saturated rings. The van der Waals surface area contributed by atoms with Gasteiger partial charge in [-0.15, -0.1) is 0 Å². The lowest BCUT2D eigenvalue weighted by Gasteiger charge is -2.11. The van der Waals surface area contributed by atoms with E-state index in [0.29, 0.717) is 0 Å². The summed E-state index contributed by atoms with van der Waals surface area (Å²) in [6, 6.07) is -0.0794. The number of hydrogen-bond donors (Lipinski definition) is 1. The summed E-state index contributed by atoms with van der Waals surface area (Å²) in [5.74, 6) is 0.161. The van der Waals surface area contributed by atoms with E-state index in [-0.39, 0.29) is 11.9 Å². The van der Waals surface area contributed by atoms with Crippen LogP contribution in [0, 0.1) is 0 Å². The third kappa shape index (κ3) is 1.57. The minimum absolute atomic E-state index is 0.0794. The lowest BCUT2D eigenvalue weighted by atomic mass is 10.2. The smallest absolute Gasteiger partial charge is 0.244 e. The van der Waals surface area contributed by atoms with E-state index in [1.54, 1.807) is 15.8 Å². The molecule has 2 rings (SSSR count). The van der Waals surface area contributed by atoms with Crippen LogP contribution in [-0.4, -0.2) is 40.2 Å². The summed E-state index contributed by atoms with van der Waals surface area (Å²) in [5, 5.41) is 7.20. The Kier molecular flexibility index (Phi) is 2.15. The number of hydrogen-bond acceptors (Lipinski definition) is 3. The first-order chi connectivity index (χ1) is 6.66. The molecule has 0 aromatic carbocycles. The molecule has 0 spiro atoms. The lowest BCUT2D eigenvalue weighted by molar-refractivity contribution is -0.127. The highest BCUT2D eigenvalue weighted by Gasteiger charge is 2.28. The van der Waals surface area contributed by atoms with E-state index >= 15 is 0 Å². The van der Waals surface area contributed by atoms with Crippen molar-refractivity contribution in [2.45, 2.75) is 12.5 Å². The second-order valence-corrected chi connectivity index (χ2v) is 3.65. The third-order valence-electron chi connectivity index (χ3n) is 2.47. The zero-order valence-corrected chi connectivity index (χ0v) is 8.40. The molecule has 1 amide bonds. The molecule has 76 valence electrons. The number of likely N-dealkylation sites (tertiary alicyclic amines) is 1. The molecule has 1 aliphatic rings. The van der Waals surface area contributed by atoms with Gasteiger partial charge in [0.2, 0.25) is 5.91 Å². The van der Waals surface area contributed by atoms with Crippen molar-refractivity contribution in [3.63, 3.8) is 0 Å². The van der Waals surface area contributed by atoms with E-state index in [2.05, 4.69) is 10.4 Å². The number of nitrogens with zero attached hydrogens (tertiary/aromatic N) is 3. The average Bonchev–Trinajstić information content (AvgIpc) is 2.67. The van der Waals surface area contributed by atoms with Crippen LogP contribution in [0.2, 0.25) is 0 Å². The zero-order chi connectivity index (χ0) is 10.1. The summed E-state index contributed by atoms with van der Waals surface area (Å²) in [4.78, 5) is 13.3. The van der Waals surface area contributed by atoms with Gasteiger partial charge in [-0.3, -0.25) is 9.48 Å². The van der Waals surface area contributed by atoms with Crippen molar-refractivity contribution in [3.8, 4) is 0 Å². The van der Waals surface area contributed by atoms with Crippen LogP contribution in [0.25, 0.3) is 0 Å². The molecular formula is C9H14N4O. The van der Waals surface area contributed by atoms with Crippen molar-refractivity contribution in [1.82, 2.24) is 14.7 Å². The normalized spacial score (nSPS) is 21.7. The second kappa shape index (κ2) is 3.32. The number of aromatic nitrogens is 2. The number of nitrogens with one attached hydrogen (secondary N) is 1. The Balaban J connectivity index is 2.02. The maximum atomic E-state index is 11.6. The van der Waals surface area contributed by atoms with Crippen LogP contribution in [0.1, 0.15) is 6.42 Å². The molecule has 0 aliphatic carbocycles. The van der Waals surface area contributed by atoms with Gasteiger partial charge in [0.15, 0.2) is 0 Å². The molecule has 5 nitrogen and oxygen atoms in total. The van der Waals surface area contributed by atoms with Gasteiger partial charge in [0.25, 0.3) is 0 Å². The van der Waals surface area contributed by atoms with Gasteiger partial charge in [0.1, 0.15) is 6.04 Å². The third-order valence-corrected chi connectivity index (χ3v) is 2.47. The van der Waals surface area contributed by atoms with E-state index in [1.165, 1.54) is 0 Å². The molecule has 1 saturated heterocycles. The maximum absolute atomic E-state index is 11.6. The summed E-state index contributed by atoms with van der Waals surface area (Å²) in [6.07, 6.45) is 4.46. The van der Waals surface area contributed by atoms with Gasteiger partial charge in [-0.1, -0.05) is 0 Å². The zero-order valence-electron chi connectivity index (χ0n) is 8.40. The topological polar surface area (TPSA) is 50.2 Å². The molecule has 1 aromatic heterocycles. The molecule has 1 N–H and O–H groups in total. The van der Waals surface area contributed by atoms with Crippen molar-refractivity contribution in [2.75, 3.05) is 18.9 Å². The van der Waals surface area contributed by atoms with E-state index in [1.807, 2.05) is 20.3 Å². The van der Waals surface area contributed by atoms with Crippen LogP contribution in [0.3, 0.4) is 0 Å². The standard InChI is InChI=1S/C9H14N4O/c1-12-4-3-8(9(12)14)11-7-5-10-13(2)6-7/h5-6,8,11H,3-4H2,1-2H3. The molecule has 1 aliphatic heterocycles. The highest BCUT2D eigenvalue weighted by atomic mass is 16.2. The fraction of sp³-hybridized carbons (Fsp3) is 0.556. The molecule has 0 bridgehead atoms. The van der Waals surface area contributed by atoms with Gasteiger partial charge in [0, 0.05) is 26.8 Å². The van der Waals surface area contributed by atoms with Crippen LogP contribution in [0.4, 0.5) is 5.69 Å². The molecule has 14 heavy (non-hydrogen) atoms. The predicted molar refractivity (Wildman–Crippen MR) is 52.9 cm³/mol. The lowest BCUT2D eigenvalue weighted by Crippen LogP contribution is -2.30. The number of likely N-dealkylation sites (N-methyl/N-ethyl adjacent to an activating group) is 1. The summed E-state index contributed by atoms with van der Waals surface area (Å²) in [5.41, 5.74) is 0.904. The quantitative estimate of drug-likeness (QED) is 0.724. The van der Waals surface area contributed by atoms with Gasteiger partial charge >= 0.3 is 0 Å². The van der Waals surface area contributed by atoms with Gasteiger partial charge < -0.3 is 10.2 Å². The van der Waals surface area contributed by atoms with E-state index in [0.717, 1.165) is 18.7 Å². The Morgan fingerprint density at radius 1 is 1.57 bits per heavy atom. The van der Waals surface area contributed by atoms with E-state index in [4.69, 9.17) is 0 Å². The first kappa shape index (κ1) is 9.05. The highest BCUT2D eigenvalue weighted by Crippen LogP contribution is 2.14. The first-order valence-corrected chi connectivity index (χ1v) is 4.67. The molecule has 0 radical (unpaired) electrons. The summed E-state index contributed by atoms with van der Waals surface area (Å²) >= 11 is 0. The Labute approximate surface area is 82.7 Å². The Bertz CT molecular complexity index is 346. The summed E-state index contributed by atoms with van der Waals surface area (Å²) < 4.78 is 1.71. The number of carbonyl (C=O) groups excluding carboxylic acids is 1. The highest BCUT2D eigenvalue weighted by molar-refractivity contribution is 5.86. The van der Waals surface area contributed by atoms with Gasteiger partial charge in [-0.2, -0.15) is 5.10 Å². The number of amides is 1. The fourth-order valence-corrected chi connectivity index (χ4v) is 1.65. The SMILES string of the molecule is CN1CCC(Nc2cnn(C)c2)C1=O. The maximum Gasteiger partial charge on any atom is 0.244 e. The van der Waals surface area contributed by atoms with Crippen molar-refractivity contribution in [1.29, 1.82) is 0 Å². The molecular weight excluding hydrogens is 180 g/mol. The van der Waals surface area contributed by atoms with Crippen LogP contribution < -0.4 is 5.32 Å². The second-order valence-electron chi connectivity index (χ2n) is 3.65. The molecule has 1 aromatic rings. The molecule has 1 atom stereocenters. The average molecular weight is 194 g/mol. The van der Waals surface area contributed by atoms with E-state index < -0.39 is 0 Å². The minimum atomic E-state index is -0.0794. The van der Waals surface area contributed by atoms with Crippen LogP contribution in [0.15, 0.2) is 12.4 Å². The molecule has 0 saturated carbocycles. The van der Waals surface area contributed by atoms with Crippen molar-refractivity contribution in [3.05, 3.63) is 12.4 Å². The predicted octanol–water partition coefficient (Wildman–Crippen LogP) is 0.0627.